The Balaban J connectivity index is 1.28. The number of hydrogen-bond donors (Lipinski definition) is 0. The summed E-state index contributed by atoms with van der Waals surface area (Å²) in [5, 5.41) is 0. The van der Waals surface area contributed by atoms with Crippen molar-refractivity contribution in [2.24, 2.45) is 23.7 Å². The number of rotatable bonds is 5. The Morgan fingerprint density at radius 2 is 1.32 bits per heavy atom. The first kappa shape index (κ1) is 20.8. The lowest BCUT2D eigenvalue weighted by Gasteiger charge is -2.19. The molecule has 170 valence electrons. The van der Waals surface area contributed by atoms with E-state index < -0.39 is 11.9 Å². The molecule has 3 fully saturated rings. The maximum absolute atomic E-state index is 13.4. The van der Waals surface area contributed by atoms with Gasteiger partial charge in [-0.15, -0.1) is 0 Å². The molecule has 2 amide bonds. The summed E-state index contributed by atoms with van der Waals surface area (Å²) in [6, 6.07) is 25.8. The second kappa shape index (κ2) is 8.24. The minimum absolute atomic E-state index is 0.0999. The first-order chi connectivity index (χ1) is 16.6. The van der Waals surface area contributed by atoms with Gasteiger partial charge < -0.3 is 4.74 Å². The van der Waals surface area contributed by atoms with E-state index in [1.807, 2.05) is 60.7 Å². The summed E-state index contributed by atoms with van der Waals surface area (Å²) in [6.07, 6.45) is 3.08. The van der Waals surface area contributed by atoms with Crippen molar-refractivity contribution in [3.63, 3.8) is 0 Å². The van der Waals surface area contributed by atoms with Gasteiger partial charge in [0.25, 0.3) is 0 Å². The highest BCUT2D eigenvalue weighted by atomic mass is 16.5. The molecule has 5 nitrogen and oxygen atoms in total. The van der Waals surface area contributed by atoms with E-state index in [4.69, 9.17) is 4.74 Å². The molecular weight excluding hydrogens is 426 g/mol. The summed E-state index contributed by atoms with van der Waals surface area (Å²) < 4.78 is 5.82. The van der Waals surface area contributed by atoms with E-state index in [9.17, 15) is 14.4 Å². The van der Waals surface area contributed by atoms with E-state index in [1.54, 1.807) is 24.3 Å². The normalized spacial score (nSPS) is 25.1. The number of fused-ring (bicyclic) bond motifs is 5. The van der Waals surface area contributed by atoms with Crippen molar-refractivity contribution < 1.29 is 19.1 Å². The van der Waals surface area contributed by atoms with Crippen LogP contribution in [-0.2, 0) is 14.4 Å². The molecule has 4 atom stereocenters. The molecule has 1 heterocycles. The van der Waals surface area contributed by atoms with Crippen molar-refractivity contribution in [2.45, 2.75) is 25.2 Å². The Hall–Kier alpha value is -3.73. The minimum Gasteiger partial charge on any atom is -0.426 e. The quantitative estimate of drug-likeness (QED) is 0.313. The van der Waals surface area contributed by atoms with E-state index >= 15 is 0 Å². The number of anilines is 1. The molecule has 5 heteroatoms. The van der Waals surface area contributed by atoms with Crippen LogP contribution in [0.1, 0.15) is 36.3 Å². The van der Waals surface area contributed by atoms with Crippen molar-refractivity contribution in [1.29, 1.82) is 0 Å². The lowest BCUT2D eigenvalue weighted by Crippen LogP contribution is -2.32. The lowest BCUT2D eigenvalue weighted by molar-refractivity contribution is -0.135. The van der Waals surface area contributed by atoms with Crippen LogP contribution in [0.4, 0.5) is 5.69 Å². The Kier molecular flexibility index (Phi) is 5.05. The van der Waals surface area contributed by atoms with Gasteiger partial charge in [-0.05, 0) is 54.4 Å². The predicted octanol–water partition coefficient (Wildman–Crippen LogP) is 4.96. The minimum atomic E-state index is -0.587. The molecule has 0 unspecified atom stereocenters. The van der Waals surface area contributed by atoms with Crippen LogP contribution in [0.2, 0.25) is 0 Å². The van der Waals surface area contributed by atoms with E-state index in [2.05, 4.69) is 0 Å². The number of imide groups is 1. The zero-order chi connectivity index (χ0) is 23.2. The second-order valence-electron chi connectivity index (χ2n) is 9.57. The molecule has 0 radical (unpaired) electrons. The molecular formula is C29H25NO4. The first-order valence-electron chi connectivity index (χ1n) is 11.9. The third-order valence-electron chi connectivity index (χ3n) is 7.72. The van der Waals surface area contributed by atoms with E-state index in [0.717, 1.165) is 30.4 Å². The third-order valence-corrected chi connectivity index (χ3v) is 7.72. The van der Waals surface area contributed by atoms with Gasteiger partial charge in [-0.2, -0.15) is 0 Å². The van der Waals surface area contributed by atoms with Gasteiger partial charge in [0.1, 0.15) is 11.7 Å². The van der Waals surface area contributed by atoms with E-state index in [-0.39, 0.29) is 23.7 Å². The molecule has 3 aromatic rings. The topological polar surface area (TPSA) is 63.7 Å². The van der Waals surface area contributed by atoms with Crippen LogP contribution in [0.25, 0.3) is 0 Å². The van der Waals surface area contributed by atoms with Crippen LogP contribution < -0.4 is 9.64 Å². The molecule has 0 spiro atoms. The number of esters is 1. The monoisotopic (exact) mass is 451 g/mol. The standard InChI is InChI=1S/C29H25NO4/c31-27-25-20-14-15-21(16-20)26(25)28(32)30(27)22-12-7-13-23(17-22)34-29(33)24(18-8-3-1-4-9-18)19-10-5-2-6-11-19/h1-13,17,20-21,24-26H,14-16H2/t20-,21-,25+,26+/m0/s1. The van der Waals surface area contributed by atoms with E-state index in [0.29, 0.717) is 23.3 Å². The number of nitrogens with zero attached hydrogens (tertiary/aromatic N) is 1. The largest absolute Gasteiger partial charge is 0.426 e. The predicted molar refractivity (Wildman–Crippen MR) is 127 cm³/mol. The van der Waals surface area contributed by atoms with E-state index in [1.165, 1.54) is 4.90 Å². The van der Waals surface area contributed by atoms with Gasteiger partial charge in [-0.25, -0.2) is 4.90 Å². The molecule has 2 bridgehead atoms. The van der Waals surface area contributed by atoms with Gasteiger partial charge in [0.15, 0.2) is 0 Å². The van der Waals surface area contributed by atoms with Crippen molar-refractivity contribution in [2.75, 3.05) is 4.90 Å². The first-order valence-corrected chi connectivity index (χ1v) is 11.9. The van der Waals surface area contributed by atoms with Crippen molar-refractivity contribution in [3.05, 3.63) is 96.1 Å². The molecule has 0 N–H and O–H groups in total. The molecule has 1 saturated heterocycles. The summed E-state index contributed by atoms with van der Waals surface area (Å²) in [5.74, 6) is -0.588. The Morgan fingerprint density at radius 1 is 0.765 bits per heavy atom. The third kappa shape index (κ3) is 3.35. The number of benzene rings is 3. The molecule has 6 rings (SSSR count). The summed E-state index contributed by atoms with van der Waals surface area (Å²) in [4.78, 5) is 41.1. The van der Waals surface area contributed by atoms with Gasteiger partial charge in [-0.3, -0.25) is 14.4 Å². The summed E-state index contributed by atoms with van der Waals surface area (Å²) in [6.45, 7) is 0. The molecule has 1 aliphatic heterocycles. The van der Waals surface area contributed by atoms with Gasteiger partial charge in [0, 0.05) is 6.07 Å². The molecule has 0 aromatic heterocycles. The molecule has 2 saturated carbocycles. The fraction of sp³-hybridized carbons (Fsp3) is 0.276. The van der Waals surface area contributed by atoms with Crippen LogP contribution >= 0.6 is 0 Å². The summed E-state index contributed by atoms with van der Waals surface area (Å²) in [5.41, 5.74) is 2.15. The van der Waals surface area contributed by atoms with Crippen molar-refractivity contribution >= 4 is 23.5 Å². The summed E-state index contributed by atoms with van der Waals surface area (Å²) in [7, 11) is 0. The van der Waals surface area contributed by atoms with Crippen molar-refractivity contribution in [1.82, 2.24) is 0 Å². The van der Waals surface area contributed by atoms with Crippen LogP contribution in [0.5, 0.6) is 5.75 Å². The molecule has 34 heavy (non-hydrogen) atoms. The highest BCUT2D eigenvalue weighted by molar-refractivity contribution is 6.22. The Bertz CT molecular complexity index is 1190. The maximum Gasteiger partial charge on any atom is 0.323 e. The zero-order valence-electron chi connectivity index (χ0n) is 18.7. The number of amides is 2. The van der Waals surface area contributed by atoms with Crippen LogP contribution in [0.15, 0.2) is 84.9 Å². The number of carbonyl (C=O) groups is 3. The number of hydrogen-bond acceptors (Lipinski definition) is 4. The van der Waals surface area contributed by atoms with Gasteiger partial charge in [-0.1, -0.05) is 66.7 Å². The Labute approximate surface area is 198 Å². The van der Waals surface area contributed by atoms with Crippen LogP contribution in [0.3, 0.4) is 0 Å². The van der Waals surface area contributed by atoms with Gasteiger partial charge in [0.2, 0.25) is 11.8 Å². The van der Waals surface area contributed by atoms with Gasteiger partial charge >= 0.3 is 5.97 Å². The molecule has 3 aromatic carbocycles. The lowest BCUT2D eigenvalue weighted by atomic mass is 9.81. The zero-order valence-corrected chi connectivity index (χ0v) is 18.7. The SMILES string of the molecule is O=C(Oc1cccc(N2C(=O)[C@@H]3[C@H]4CC[C@@H](C4)[C@H]3C2=O)c1)C(c1ccccc1)c1ccccc1. The fourth-order valence-electron chi connectivity index (χ4n) is 6.28. The number of carbonyl (C=O) groups excluding carboxylic acids is 3. The van der Waals surface area contributed by atoms with Gasteiger partial charge in [0.05, 0.1) is 17.5 Å². The smallest absolute Gasteiger partial charge is 0.323 e. The maximum atomic E-state index is 13.4. The highest BCUT2D eigenvalue weighted by Gasteiger charge is 2.61. The van der Waals surface area contributed by atoms with Crippen LogP contribution in [-0.4, -0.2) is 17.8 Å². The number of ether oxygens (including phenoxy) is 1. The fourth-order valence-corrected chi connectivity index (χ4v) is 6.28. The molecule has 2 aliphatic carbocycles. The average Bonchev–Trinajstić information content (AvgIpc) is 3.54. The second-order valence-corrected chi connectivity index (χ2v) is 9.57. The van der Waals surface area contributed by atoms with Crippen LogP contribution in [0, 0.1) is 23.7 Å². The Morgan fingerprint density at radius 3 is 1.88 bits per heavy atom. The van der Waals surface area contributed by atoms with Crippen molar-refractivity contribution in [3.8, 4) is 5.75 Å². The average molecular weight is 452 g/mol. The highest BCUT2D eigenvalue weighted by Crippen LogP contribution is 2.56. The molecule has 3 aliphatic rings. The summed E-state index contributed by atoms with van der Waals surface area (Å²) >= 11 is 0.